The third kappa shape index (κ3) is 1.78. The van der Waals surface area contributed by atoms with Gasteiger partial charge in [0.1, 0.15) is 17.4 Å². The molecule has 4 heteroatoms. The minimum atomic E-state index is 0.188. The van der Waals surface area contributed by atoms with Crippen LogP contribution >= 0.6 is 11.3 Å². The summed E-state index contributed by atoms with van der Waals surface area (Å²) in [5.74, 6) is 1.30. The summed E-state index contributed by atoms with van der Waals surface area (Å²) in [7, 11) is 0. The Kier molecular flexibility index (Phi) is 2.60. The molecule has 4 rings (SSSR count). The van der Waals surface area contributed by atoms with Crippen molar-refractivity contribution in [1.82, 2.24) is 4.98 Å². The number of hydrogen-bond donors (Lipinski definition) is 1. The second-order valence-electron chi connectivity index (χ2n) is 5.26. The highest BCUT2D eigenvalue weighted by molar-refractivity contribution is 7.12. The molecule has 0 fully saturated rings. The van der Waals surface area contributed by atoms with Gasteiger partial charge in [0.2, 0.25) is 0 Å². The zero-order chi connectivity index (χ0) is 12.8. The minimum absolute atomic E-state index is 0.188. The lowest BCUT2D eigenvalue weighted by Crippen LogP contribution is -2.15. The van der Waals surface area contributed by atoms with Crippen LogP contribution in [-0.4, -0.2) is 11.6 Å². The van der Waals surface area contributed by atoms with Gasteiger partial charge in [0.15, 0.2) is 0 Å². The maximum Gasteiger partial charge on any atom is 0.123 e. The Bertz CT molecular complexity index is 622. The van der Waals surface area contributed by atoms with E-state index < -0.39 is 0 Å². The summed E-state index contributed by atoms with van der Waals surface area (Å²) in [6.45, 7) is 0.709. The first-order valence-electron chi connectivity index (χ1n) is 6.80. The average Bonchev–Trinajstić information content (AvgIpc) is 3.02. The summed E-state index contributed by atoms with van der Waals surface area (Å²) in [5.41, 5.74) is 8.68. The minimum Gasteiger partial charge on any atom is -0.492 e. The molecule has 1 aliphatic heterocycles. The van der Waals surface area contributed by atoms with E-state index in [1.54, 1.807) is 11.3 Å². The third-order valence-corrected chi connectivity index (χ3v) is 5.35. The van der Waals surface area contributed by atoms with Crippen molar-refractivity contribution in [3.05, 3.63) is 45.4 Å². The van der Waals surface area contributed by atoms with Gasteiger partial charge in [0, 0.05) is 16.5 Å². The Hall–Kier alpha value is -1.39. The maximum atomic E-state index is 6.19. The molecule has 0 spiro atoms. The number of fused-ring (bicyclic) bond motifs is 2. The van der Waals surface area contributed by atoms with Gasteiger partial charge in [-0.15, -0.1) is 11.3 Å². The van der Waals surface area contributed by atoms with Crippen LogP contribution in [0.25, 0.3) is 0 Å². The molecule has 98 valence electrons. The van der Waals surface area contributed by atoms with Gasteiger partial charge in [-0.2, -0.15) is 0 Å². The lowest BCUT2D eigenvalue weighted by Gasteiger charge is -2.15. The number of ether oxygens (including phenoxy) is 1. The Balaban J connectivity index is 1.75. The lowest BCUT2D eigenvalue weighted by atomic mass is 9.98. The molecular formula is C15H16N2OS. The van der Waals surface area contributed by atoms with Gasteiger partial charge in [-0.25, -0.2) is 4.98 Å². The lowest BCUT2D eigenvalue weighted by molar-refractivity contribution is 0.343. The summed E-state index contributed by atoms with van der Waals surface area (Å²) < 4.78 is 5.76. The van der Waals surface area contributed by atoms with Gasteiger partial charge in [-0.05, 0) is 25.3 Å². The Morgan fingerprint density at radius 1 is 1.32 bits per heavy atom. The van der Waals surface area contributed by atoms with E-state index in [9.17, 15) is 0 Å². The van der Waals surface area contributed by atoms with Crippen molar-refractivity contribution in [2.75, 3.05) is 6.61 Å². The molecule has 1 aromatic heterocycles. The average molecular weight is 272 g/mol. The Morgan fingerprint density at radius 3 is 3.11 bits per heavy atom. The van der Waals surface area contributed by atoms with Crippen LogP contribution < -0.4 is 10.5 Å². The summed E-state index contributed by atoms with van der Waals surface area (Å²) in [6.07, 6.45) is 3.33. The number of nitrogens with zero attached hydrogens (tertiary/aromatic N) is 1. The van der Waals surface area contributed by atoms with Crippen LogP contribution in [0.15, 0.2) is 24.3 Å². The highest BCUT2D eigenvalue weighted by Gasteiger charge is 2.30. The molecule has 1 aliphatic carbocycles. The van der Waals surface area contributed by atoms with Crippen molar-refractivity contribution in [3.8, 4) is 5.75 Å². The number of nitrogens with two attached hydrogens (primary N) is 1. The molecule has 2 aromatic rings. The largest absolute Gasteiger partial charge is 0.492 e. The fourth-order valence-corrected chi connectivity index (χ4v) is 4.24. The van der Waals surface area contributed by atoms with Crippen LogP contribution in [0.2, 0.25) is 0 Å². The van der Waals surface area contributed by atoms with Crippen LogP contribution in [0.3, 0.4) is 0 Å². The van der Waals surface area contributed by atoms with Crippen LogP contribution in [0.1, 0.15) is 45.9 Å². The molecule has 0 amide bonds. The summed E-state index contributed by atoms with van der Waals surface area (Å²) in [4.78, 5) is 6.14. The van der Waals surface area contributed by atoms with Gasteiger partial charge >= 0.3 is 0 Å². The maximum absolute atomic E-state index is 6.19. The zero-order valence-electron chi connectivity index (χ0n) is 10.6. The fourth-order valence-electron chi connectivity index (χ4n) is 2.99. The molecule has 2 atom stereocenters. The molecular weight excluding hydrogens is 256 g/mol. The second-order valence-corrected chi connectivity index (χ2v) is 6.33. The van der Waals surface area contributed by atoms with E-state index >= 15 is 0 Å². The number of benzene rings is 1. The molecule has 2 heterocycles. The molecule has 0 bridgehead atoms. The topological polar surface area (TPSA) is 48.1 Å². The summed E-state index contributed by atoms with van der Waals surface area (Å²) >= 11 is 1.79. The number of aryl methyl sites for hydroxylation is 1. The van der Waals surface area contributed by atoms with Crippen molar-refractivity contribution < 1.29 is 4.74 Å². The third-order valence-electron chi connectivity index (χ3n) is 4.01. The Morgan fingerprint density at radius 2 is 2.21 bits per heavy atom. The quantitative estimate of drug-likeness (QED) is 0.868. The van der Waals surface area contributed by atoms with Gasteiger partial charge in [-0.3, -0.25) is 0 Å². The number of rotatable bonds is 1. The van der Waals surface area contributed by atoms with E-state index in [1.807, 2.05) is 12.1 Å². The van der Waals surface area contributed by atoms with E-state index in [0.717, 1.165) is 25.0 Å². The predicted molar refractivity (Wildman–Crippen MR) is 75.8 cm³/mol. The van der Waals surface area contributed by atoms with Crippen LogP contribution in [0.4, 0.5) is 0 Å². The molecule has 2 unspecified atom stereocenters. The van der Waals surface area contributed by atoms with Crippen LogP contribution in [-0.2, 0) is 6.42 Å². The Labute approximate surface area is 116 Å². The molecule has 2 N–H and O–H groups in total. The van der Waals surface area contributed by atoms with Crippen molar-refractivity contribution in [2.24, 2.45) is 5.73 Å². The molecule has 3 nitrogen and oxygen atoms in total. The van der Waals surface area contributed by atoms with Crippen LogP contribution in [0.5, 0.6) is 5.75 Å². The van der Waals surface area contributed by atoms with E-state index in [0.29, 0.717) is 12.5 Å². The highest BCUT2D eigenvalue weighted by Crippen LogP contribution is 2.42. The molecule has 19 heavy (non-hydrogen) atoms. The first-order chi connectivity index (χ1) is 9.33. The van der Waals surface area contributed by atoms with Crippen molar-refractivity contribution >= 4 is 11.3 Å². The molecule has 1 aromatic carbocycles. The SMILES string of the molecule is NC1CCCc2nc(C3COc4ccccc43)sc21. The molecule has 0 radical (unpaired) electrons. The van der Waals surface area contributed by atoms with Crippen molar-refractivity contribution in [1.29, 1.82) is 0 Å². The number of hydrogen-bond acceptors (Lipinski definition) is 4. The fraction of sp³-hybridized carbons (Fsp3) is 0.400. The van der Waals surface area contributed by atoms with E-state index in [-0.39, 0.29) is 6.04 Å². The smallest absolute Gasteiger partial charge is 0.123 e. The van der Waals surface area contributed by atoms with Gasteiger partial charge < -0.3 is 10.5 Å². The van der Waals surface area contributed by atoms with Gasteiger partial charge in [0.05, 0.1) is 11.6 Å². The monoisotopic (exact) mass is 272 g/mol. The van der Waals surface area contributed by atoms with Crippen LogP contribution in [0, 0.1) is 0 Å². The zero-order valence-corrected chi connectivity index (χ0v) is 11.5. The van der Waals surface area contributed by atoms with E-state index in [2.05, 4.69) is 12.1 Å². The van der Waals surface area contributed by atoms with Gasteiger partial charge in [-0.1, -0.05) is 18.2 Å². The van der Waals surface area contributed by atoms with E-state index in [1.165, 1.54) is 21.1 Å². The normalized spacial score (nSPS) is 24.7. The first kappa shape index (κ1) is 11.4. The predicted octanol–water partition coefficient (Wildman–Crippen LogP) is 3.00. The summed E-state index contributed by atoms with van der Waals surface area (Å²) in [5, 5.41) is 1.17. The second kappa shape index (κ2) is 4.32. The molecule has 0 saturated heterocycles. The molecule has 2 aliphatic rings. The highest BCUT2D eigenvalue weighted by atomic mass is 32.1. The number of thiazole rings is 1. The van der Waals surface area contributed by atoms with Crippen molar-refractivity contribution in [2.45, 2.75) is 31.2 Å². The van der Waals surface area contributed by atoms with Gasteiger partial charge in [0.25, 0.3) is 0 Å². The first-order valence-corrected chi connectivity index (χ1v) is 7.61. The number of para-hydroxylation sites is 1. The molecule has 0 saturated carbocycles. The standard InChI is InChI=1S/C15H16N2OS/c16-11-5-3-6-12-14(11)19-15(17-12)10-8-18-13-7-2-1-4-9(10)13/h1-2,4,7,10-11H,3,5-6,8,16H2. The van der Waals surface area contributed by atoms with E-state index in [4.69, 9.17) is 15.5 Å². The van der Waals surface area contributed by atoms with Crippen molar-refractivity contribution in [3.63, 3.8) is 0 Å². The number of aromatic nitrogens is 1. The summed E-state index contributed by atoms with van der Waals surface area (Å²) in [6, 6.07) is 8.46.